The molecule has 1 atom stereocenters. The lowest BCUT2D eigenvalue weighted by Gasteiger charge is -2.31. The highest BCUT2D eigenvalue weighted by Crippen LogP contribution is 2.27. The van der Waals surface area contributed by atoms with Gasteiger partial charge in [-0.15, -0.1) is 0 Å². The van der Waals surface area contributed by atoms with Gasteiger partial charge in [0.05, 0.1) is 0 Å². The van der Waals surface area contributed by atoms with E-state index in [1.807, 2.05) is 0 Å². The number of likely N-dealkylation sites (N-methyl/N-ethyl adjacent to an activating group) is 1. The van der Waals surface area contributed by atoms with Crippen molar-refractivity contribution >= 4 is 17.5 Å². The van der Waals surface area contributed by atoms with Gasteiger partial charge in [0.15, 0.2) is 0 Å². The first-order valence-corrected chi connectivity index (χ1v) is 8.46. The van der Waals surface area contributed by atoms with Gasteiger partial charge in [0.25, 0.3) is 0 Å². The fourth-order valence-electron chi connectivity index (χ4n) is 3.64. The molecule has 2 aliphatic rings. The Hall–Kier alpha value is -1.88. The van der Waals surface area contributed by atoms with Crippen LogP contribution in [0.2, 0.25) is 0 Å². The number of carbonyl (C=O) groups excluding carboxylic acids is 2. The molecule has 5 nitrogen and oxygen atoms in total. The number of hydrogen-bond donors (Lipinski definition) is 0. The number of nitrogens with zero attached hydrogens (tertiary/aromatic N) is 3. The predicted octanol–water partition coefficient (Wildman–Crippen LogP) is 1.87. The number of imide groups is 1. The largest absolute Gasteiger partial charge is 0.373 e. The Kier molecular flexibility index (Phi) is 4.66. The first-order valence-electron chi connectivity index (χ1n) is 8.46. The van der Waals surface area contributed by atoms with Crippen molar-refractivity contribution in [2.45, 2.75) is 38.8 Å². The Bertz CT molecular complexity index is 586. The lowest BCUT2D eigenvalue weighted by molar-refractivity contribution is -0.138. The average molecular weight is 315 g/mol. The number of carbonyl (C=O) groups is 2. The molecule has 1 aromatic carbocycles. The zero-order chi connectivity index (χ0) is 16.4. The molecule has 124 valence electrons. The second-order valence-electron chi connectivity index (χ2n) is 6.48. The summed E-state index contributed by atoms with van der Waals surface area (Å²) >= 11 is 0. The van der Waals surface area contributed by atoms with E-state index in [1.165, 1.54) is 16.2 Å². The molecule has 1 saturated heterocycles. The monoisotopic (exact) mass is 315 g/mol. The maximum Gasteiger partial charge on any atom is 0.229 e. The molecule has 0 aromatic heterocycles. The SMILES string of the molecule is CC[C@@H]1CN(C)c2ccccc2CN1CCN1C(=O)CCC1=O. The van der Waals surface area contributed by atoms with Gasteiger partial charge < -0.3 is 4.90 Å². The van der Waals surface area contributed by atoms with Crippen molar-refractivity contribution in [1.29, 1.82) is 0 Å². The average Bonchev–Trinajstić information content (AvgIpc) is 2.80. The summed E-state index contributed by atoms with van der Waals surface area (Å²) in [5.74, 6) is -0.0363. The van der Waals surface area contributed by atoms with Gasteiger partial charge >= 0.3 is 0 Å². The first kappa shape index (κ1) is 16.0. The van der Waals surface area contributed by atoms with Crippen LogP contribution in [0, 0.1) is 0 Å². The number of fused-ring (bicyclic) bond motifs is 1. The normalized spacial score (nSPS) is 22.4. The maximum atomic E-state index is 11.8. The van der Waals surface area contributed by atoms with E-state index in [2.05, 4.69) is 48.0 Å². The Morgan fingerprint density at radius 2 is 1.78 bits per heavy atom. The van der Waals surface area contributed by atoms with Gasteiger partial charge in [-0.05, 0) is 18.1 Å². The number of hydrogen-bond acceptors (Lipinski definition) is 4. The summed E-state index contributed by atoms with van der Waals surface area (Å²) in [5, 5.41) is 0. The van der Waals surface area contributed by atoms with Gasteiger partial charge in [-0.2, -0.15) is 0 Å². The van der Waals surface area contributed by atoms with Crippen LogP contribution < -0.4 is 4.90 Å². The Balaban J connectivity index is 1.74. The van der Waals surface area contributed by atoms with Crippen LogP contribution in [0.4, 0.5) is 5.69 Å². The Morgan fingerprint density at radius 3 is 2.48 bits per heavy atom. The third kappa shape index (κ3) is 3.24. The van der Waals surface area contributed by atoms with Gasteiger partial charge in [0.2, 0.25) is 11.8 Å². The van der Waals surface area contributed by atoms with Crippen molar-refractivity contribution in [2.24, 2.45) is 0 Å². The van der Waals surface area contributed by atoms with Crippen LogP contribution in [0.5, 0.6) is 0 Å². The highest BCUT2D eigenvalue weighted by Gasteiger charge is 2.30. The van der Waals surface area contributed by atoms with Crippen LogP contribution in [-0.2, 0) is 16.1 Å². The summed E-state index contributed by atoms with van der Waals surface area (Å²) in [4.78, 5) is 29.8. The summed E-state index contributed by atoms with van der Waals surface area (Å²) in [6.45, 7) is 5.30. The van der Waals surface area contributed by atoms with Crippen molar-refractivity contribution in [1.82, 2.24) is 9.80 Å². The summed E-state index contributed by atoms with van der Waals surface area (Å²) in [6.07, 6.45) is 1.81. The zero-order valence-electron chi connectivity index (χ0n) is 14.0. The number of anilines is 1. The molecule has 0 radical (unpaired) electrons. The minimum Gasteiger partial charge on any atom is -0.373 e. The van der Waals surface area contributed by atoms with Crippen molar-refractivity contribution in [2.75, 3.05) is 31.6 Å². The maximum absolute atomic E-state index is 11.8. The zero-order valence-corrected chi connectivity index (χ0v) is 14.0. The number of amides is 2. The molecular formula is C18H25N3O2. The summed E-state index contributed by atoms with van der Waals surface area (Å²) in [5.41, 5.74) is 2.59. The predicted molar refractivity (Wildman–Crippen MR) is 90.2 cm³/mol. The molecular weight excluding hydrogens is 290 g/mol. The van der Waals surface area contributed by atoms with E-state index in [-0.39, 0.29) is 11.8 Å². The third-order valence-corrected chi connectivity index (χ3v) is 5.01. The van der Waals surface area contributed by atoms with Gasteiger partial charge in [0, 0.05) is 57.8 Å². The van der Waals surface area contributed by atoms with Crippen LogP contribution in [0.1, 0.15) is 31.7 Å². The topological polar surface area (TPSA) is 43.9 Å². The fraction of sp³-hybridized carbons (Fsp3) is 0.556. The van der Waals surface area contributed by atoms with Crippen LogP contribution in [-0.4, -0.2) is 54.3 Å². The number of para-hydroxylation sites is 1. The quantitative estimate of drug-likeness (QED) is 0.796. The third-order valence-electron chi connectivity index (χ3n) is 5.01. The van der Waals surface area contributed by atoms with Gasteiger partial charge in [-0.25, -0.2) is 0 Å². The lowest BCUT2D eigenvalue weighted by atomic mass is 10.1. The second kappa shape index (κ2) is 6.71. The lowest BCUT2D eigenvalue weighted by Crippen LogP contribution is -2.44. The van der Waals surface area contributed by atoms with Crippen molar-refractivity contribution in [3.8, 4) is 0 Å². The van der Waals surface area contributed by atoms with Gasteiger partial charge in [0.1, 0.15) is 0 Å². The molecule has 0 unspecified atom stereocenters. The Morgan fingerprint density at radius 1 is 1.09 bits per heavy atom. The number of likely N-dealkylation sites (tertiary alicyclic amines) is 1. The van der Waals surface area contributed by atoms with Crippen molar-refractivity contribution in [3.05, 3.63) is 29.8 Å². The number of rotatable bonds is 4. The first-order chi connectivity index (χ1) is 11.1. The van der Waals surface area contributed by atoms with E-state index in [0.717, 1.165) is 26.1 Å². The molecule has 2 amide bonds. The molecule has 0 N–H and O–H groups in total. The van der Waals surface area contributed by atoms with E-state index >= 15 is 0 Å². The standard InChI is InChI=1S/C18H25N3O2/c1-3-15-13-19(2)16-7-5-4-6-14(16)12-20(15)10-11-21-17(22)8-9-18(21)23/h4-7,15H,3,8-13H2,1-2H3/t15-/m1/s1. The van der Waals surface area contributed by atoms with Gasteiger partial charge in [-0.3, -0.25) is 19.4 Å². The molecule has 0 bridgehead atoms. The van der Waals surface area contributed by atoms with Crippen LogP contribution >= 0.6 is 0 Å². The van der Waals surface area contributed by atoms with Crippen LogP contribution in [0.15, 0.2) is 24.3 Å². The minimum absolute atomic E-state index is 0.0182. The molecule has 2 heterocycles. The molecule has 2 aliphatic heterocycles. The summed E-state index contributed by atoms with van der Waals surface area (Å²) in [7, 11) is 2.14. The van der Waals surface area contributed by atoms with Crippen molar-refractivity contribution < 1.29 is 9.59 Å². The highest BCUT2D eigenvalue weighted by molar-refractivity contribution is 6.01. The number of benzene rings is 1. The molecule has 3 rings (SSSR count). The highest BCUT2D eigenvalue weighted by atomic mass is 16.2. The molecule has 5 heteroatoms. The van der Waals surface area contributed by atoms with Crippen LogP contribution in [0.25, 0.3) is 0 Å². The summed E-state index contributed by atoms with van der Waals surface area (Å²) in [6, 6.07) is 8.92. The van der Waals surface area contributed by atoms with E-state index in [0.29, 0.717) is 25.4 Å². The van der Waals surface area contributed by atoms with E-state index in [4.69, 9.17) is 0 Å². The summed E-state index contributed by atoms with van der Waals surface area (Å²) < 4.78 is 0. The molecule has 0 spiro atoms. The molecule has 23 heavy (non-hydrogen) atoms. The van der Waals surface area contributed by atoms with Crippen LogP contribution in [0.3, 0.4) is 0 Å². The fourth-order valence-corrected chi connectivity index (χ4v) is 3.64. The van der Waals surface area contributed by atoms with E-state index in [9.17, 15) is 9.59 Å². The smallest absolute Gasteiger partial charge is 0.229 e. The minimum atomic E-state index is -0.0182. The van der Waals surface area contributed by atoms with Crippen molar-refractivity contribution in [3.63, 3.8) is 0 Å². The molecule has 0 saturated carbocycles. The van der Waals surface area contributed by atoms with E-state index < -0.39 is 0 Å². The van der Waals surface area contributed by atoms with Gasteiger partial charge in [-0.1, -0.05) is 25.1 Å². The Labute approximate surface area is 137 Å². The molecule has 1 aromatic rings. The van der Waals surface area contributed by atoms with E-state index in [1.54, 1.807) is 0 Å². The molecule has 1 fully saturated rings. The second-order valence-corrected chi connectivity index (χ2v) is 6.48. The molecule has 0 aliphatic carbocycles.